The predicted octanol–water partition coefficient (Wildman–Crippen LogP) is 2.06. The Morgan fingerprint density at radius 2 is 2.13 bits per heavy atom. The number of carbonyl (C=O) groups excluding carboxylic acids is 1. The van der Waals surface area contributed by atoms with Crippen molar-refractivity contribution in [3.05, 3.63) is 29.8 Å². The van der Waals surface area contributed by atoms with Crippen molar-refractivity contribution < 1.29 is 4.79 Å². The summed E-state index contributed by atoms with van der Waals surface area (Å²) in [6, 6.07) is 7.77. The minimum absolute atomic E-state index is 0.189. The SMILES string of the molecule is O=C1c2ccccc2NC2CCCCN12. The fourth-order valence-electron chi connectivity index (χ4n) is 2.45. The summed E-state index contributed by atoms with van der Waals surface area (Å²) in [5.74, 6) is 0.189. The van der Waals surface area contributed by atoms with Crippen LogP contribution in [0.25, 0.3) is 0 Å². The lowest BCUT2D eigenvalue weighted by Gasteiger charge is -2.40. The van der Waals surface area contributed by atoms with Gasteiger partial charge >= 0.3 is 0 Å². The molecule has 3 nitrogen and oxygen atoms in total. The molecule has 1 unspecified atom stereocenters. The first-order chi connectivity index (χ1) is 7.36. The van der Waals surface area contributed by atoms with Crippen LogP contribution in [0.5, 0.6) is 0 Å². The quantitative estimate of drug-likeness (QED) is 0.698. The van der Waals surface area contributed by atoms with Gasteiger partial charge in [-0.1, -0.05) is 12.1 Å². The van der Waals surface area contributed by atoms with Crippen LogP contribution >= 0.6 is 0 Å². The number of nitrogens with one attached hydrogen (secondary N) is 1. The van der Waals surface area contributed by atoms with Crippen molar-refractivity contribution >= 4 is 11.6 Å². The summed E-state index contributed by atoms with van der Waals surface area (Å²) in [6.07, 6.45) is 3.64. The van der Waals surface area contributed by atoms with Crippen LogP contribution in [0.3, 0.4) is 0 Å². The van der Waals surface area contributed by atoms with Gasteiger partial charge in [-0.05, 0) is 31.4 Å². The van der Waals surface area contributed by atoms with E-state index >= 15 is 0 Å². The summed E-state index contributed by atoms with van der Waals surface area (Å²) in [4.78, 5) is 14.1. The van der Waals surface area contributed by atoms with Gasteiger partial charge in [-0.25, -0.2) is 0 Å². The van der Waals surface area contributed by atoms with E-state index in [4.69, 9.17) is 0 Å². The van der Waals surface area contributed by atoms with Gasteiger partial charge in [-0.2, -0.15) is 0 Å². The van der Waals surface area contributed by atoms with Gasteiger partial charge in [-0.3, -0.25) is 4.79 Å². The molecule has 0 spiro atoms. The molecule has 0 bridgehead atoms. The fourth-order valence-corrected chi connectivity index (χ4v) is 2.45. The smallest absolute Gasteiger partial charge is 0.257 e. The van der Waals surface area contributed by atoms with E-state index in [0.29, 0.717) is 0 Å². The minimum Gasteiger partial charge on any atom is -0.364 e. The van der Waals surface area contributed by atoms with E-state index in [0.717, 1.165) is 30.6 Å². The molecule has 1 aromatic carbocycles. The first kappa shape index (κ1) is 8.77. The zero-order valence-electron chi connectivity index (χ0n) is 8.57. The Bertz CT molecular complexity index is 402. The van der Waals surface area contributed by atoms with E-state index in [2.05, 4.69) is 5.32 Å². The predicted molar refractivity (Wildman–Crippen MR) is 58.7 cm³/mol. The minimum atomic E-state index is 0.189. The molecule has 2 heterocycles. The summed E-state index contributed by atoms with van der Waals surface area (Å²) >= 11 is 0. The zero-order chi connectivity index (χ0) is 10.3. The number of anilines is 1. The third-order valence-electron chi connectivity index (χ3n) is 3.24. The number of amides is 1. The summed E-state index contributed by atoms with van der Waals surface area (Å²) in [6.45, 7) is 0.894. The lowest BCUT2D eigenvalue weighted by Crippen LogP contribution is -2.51. The van der Waals surface area contributed by atoms with E-state index in [1.165, 1.54) is 6.42 Å². The maximum atomic E-state index is 12.1. The highest BCUT2D eigenvalue weighted by Gasteiger charge is 2.32. The number of piperidine rings is 1. The molecule has 1 aromatic rings. The second-order valence-electron chi connectivity index (χ2n) is 4.20. The molecule has 1 fully saturated rings. The summed E-state index contributed by atoms with van der Waals surface area (Å²) in [7, 11) is 0. The highest BCUT2D eigenvalue weighted by atomic mass is 16.2. The standard InChI is InChI=1S/C12H14N2O/c15-12-9-5-1-2-6-10(9)13-11-7-3-4-8-14(11)12/h1-2,5-6,11,13H,3-4,7-8H2. The fraction of sp³-hybridized carbons (Fsp3) is 0.417. The molecule has 78 valence electrons. The monoisotopic (exact) mass is 202 g/mol. The summed E-state index contributed by atoms with van der Waals surface area (Å²) in [5, 5.41) is 3.43. The number of para-hydroxylation sites is 1. The van der Waals surface area contributed by atoms with Crippen molar-refractivity contribution in [3.8, 4) is 0 Å². The van der Waals surface area contributed by atoms with Crippen molar-refractivity contribution in [2.45, 2.75) is 25.4 Å². The Labute approximate surface area is 89.1 Å². The molecule has 2 aliphatic rings. The molecular weight excluding hydrogens is 188 g/mol. The molecular formula is C12H14N2O. The lowest BCUT2D eigenvalue weighted by molar-refractivity contribution is 0.0628. The zero-order valence-corrected chi connectivity index (χ0v) is 8.57. The van der Waals surface area contributed by atoms with Crippen LogP contribution in [0.15, 0.2) is 24.3 Å². The van der Waals surface area contributed by atoms with Crippen LogP contribution < -0.4 is 5.32 Å². The number of benzene rings is 1. The highest BCUT2D eigenvalue weighted by Crippen LogP contribution is 2.29. The van der Waals surface area contributed by atoms with Gasteiger partial charge in [0, 0.05) is 12.2 Å². The molecule has 15 heavy (non-hydrogen) atoms. The maximum Gasteiger partial charge on any atom is 0.257 e. The number of nitrogens with zero attached hydrogens (tertiary/aromatic N) is 1. The van der Waals surface area contributed by atoms with E-state index in [9.17, 15) is 4.79 Å². The van der Waals surface area contributed by atoms with Gasteiger partial charge in [0.05, 0.1) is 5.56 Å². The van der Waals surface area contributed by atoms with Crippen molar-refractivity contribution in [2.75, 3.05) is 11.9 Å². The topological polar surface area (TPSA) is 32.3 Å². The molecule has 3 heteroatoms. The van der Waals surface area contributed by atoms with Gasteiger partial charge < -0.3 is 10.2 Å². The molecule has 0 radical (unpaired) electrons. The normalized spacial score (nSPS) is 24.1. The van der Waals surface area contributed by atoms with Gasteiger partial charge in [0.1, 0.15) is 6.17 Å². The van der Waals surface area contributed by atoms with Crippen molar-refractivity contribution in [2.24, 2.45) is 0 Å². The second kappa shape index (κ2) is 3.26. The molecule has 0 aliphatic carbocycles. The van der Waals surface area contributed by atoms with Crippen LogP contribution in [0.1, 0.15) is 29.6 Å². The third kappa shape index (κ3) is 1.30. The van der Waals surface area contributed by atoms with Crippen LogP contribution in [-0.4, -0.2) is 23.5 Å². The largest absolute Gasteiger partial charge is 0.364 e. The average Bonchev–Trinajstić information content (AvgIpc) is 2.30. The van der Waals surface area contributed by atoms with Crippen molar-refractivity contribution in [1.29, 1.82) is 0 Å². The van der Waals surface area contributed by atoms with Crippen LogP contribution in [0, 0.1) is 0 Å². The Balaban J connectivity index is 2.02. The highest BCUT2D eigenvalue weighted by molar-refractivity contribution is 6.01. The van der Waals surface area contributed by atoms with E-state index in [-0.39, 0.29) is 12.1 Å². The number of hydrogen-bond donors (Lipinski definition) is 1. The molecule has 0 saturated carbocycles. The second-order valence-corrected chi connectivity index (χ2v) is 4.20. The molecule has 1 saturated heterocycles. The Kier molecular flexibility index (Phi) is 1.91. The number of hydrogen-bond acceptors (Lipinski definition) is 2. The van der Waals surface area contributed by atoms with Gasteiger partial charge in [0.2, 0.25) is 0 Å². The van der Waals surface area contributed by atoms with Gasteiger partial charge in [0.15, 0.2) is 0 Å². The van der Waals surface area contributed by atoms with Gasteiger partial charge in [0.25, 0.3) is 5.91 Å². The molecule has 1 atom stereocenters. The van der Waals surface area contributed by atoms with Gasteiger partial charge in [-0.15, -0.1) is 0 Å². The van der Waals surface area contributed by atoms with Crippen LogP contribution in [0.4, 0.5) is 5.69 Å². The van der Waals surface area contributed by atoms with Crippen LogP contribution in [-0.2, 0) is 0 Å². The van der Waals surface area contributed by atoms with E-state index < -0.39 is 0 Å². The molecule has 3 rings (SSSR count). The molecule has 2 aliphatic heterocycles. The number of rotatable bonds is 0. The molecule has 0 aromatic heterocycles. The third-order valence-corrected chi connectivity index (χ3v) is 3.24. The maximum absolute atomic E-state index is 12.1. The van der Waals surface area contributed by atoms with Crippen molar-refractivity contribution in [1.82, 2.24) is 4.90 Å². The average molecular weight is 202 g/mol. The molecule has 1 N–H and O–H groups in total. The molecule has 1 amide bonds. The first-order valence-corrected chi connectivity index (χ1v) is 5.53. The first-order valence-electron chi connectivity index (χ1n) is 5.53. The number of fused-ring (bicyclic) bond motifs is 2. The van der Waals surface area contributed by atoms with Crippen LogP contribution in [0.2, 0.25) is 0 Å². The summed E-state index contributed by atoms with van der Waals surface area (Å²) < 4.78 is 0. The Morgan fingerprint density at radius 3 is 3.07 bits per heavy atom. The lowest BCUT2D eigenvalue weighted by atomic mass is 10.0. The van der Waals surface area contributed by atoms with E-state index in [1.807, 2.05) is 29.2 Å². The summed E-state index contributed by atoms with van der Waals surface area (Å²) in [5.41, 5.74) is 1.81. The Morgan fingerprint density at radius 1 is 1.27 bits per heavy atom. The Hall–Kier alpha value is -1.51. The van der Waals surface area contributed by atoms with Crippen molar-refractivity contribution in [3.63, 3.8) is 0 Å². The number of carbonyl (C=O) groups is 1. The van der Waals surface area contributed by atoms with E-state index in [1.54, 1.807) is 0 Å².